The van der Waals surface area contributed by atoms with E-state index in [1.807, 2.05) is 75.4 Å². The maximum atomic E-state index is 15.7. The molecule has 0 spiro atoms. The maximum absolute atomic E-state index is 15.7. The summed E-state index contributed by atoms with van der Waals surface area (Å²) in [5.74, 6) is -1.96. The zero-order chi connectivity index (χ0) is 39.8. The van der Waals surface area contributed by atoms with E-state index >= 15 is 9.59 Å². The number of ketones is 2. The number of hydrogen-bond acceptors (Lipinski definition) is 10. The number of aromatic nitrogens is 1. The van der Waals surface area contributed by atoms with Gasteiger partial charge in [0, 0.05) is 23.6 Å². The van der Waals surface area contributed by atoms with E-state index in [-0.39, 0.29) is 34.4 Å². The zero-order valence-corrected chi connectivity index (χ0v) is 35.1. The first-order chi connectivity index (χ1) is 25.8. The van der Waals surface area contributed by atoms with Crippen molar-refractivity contribution in [3.8, 4) is 11.9 Å². The van der Waals surface area contributed by atoms with Crippen LogP contribution in [-0.2, 0) is 28.8 Å². The Balaban J connectivity index is 1.37. The number of carbonyl (C=O) groups excluding carboxylic acids is 2. The number of fused-ring (bicyclic) bond motifs is 4. The van der Waals surface area contributed by atoms with Gasteiger partial charge in [-0.25, -0.2) is 0 Å². The van der Waals surface area contributed by atoms with Crippen LogP contribution in [0, 0.1) is 35.5 Å². The summed E-state index contributed by atoms with van der Waals surface area (Å²) in [6.07, 6.45) is 2.93. The van der Waals surface area contributed by atoms with Crippen LogP contribution in [0.4, 0.5) is 0 Å². The van der Waals surface area contributed by atoms with Gasteiger partial charge in [0.05, 0.1) is 17.7 Å². The van der Waals surface area contributed by atoms with Gasteiger partial charge in [-0.2, -0.15) is 5.26 Å². The lowest BCUT2D eigenvalue weighted by molar-refractivity contribution is -0.140. The summed E-state index contributed by atoms with van der Waals surface area (Å²) < 4.78 is 19.4. The van der Waals surface area contributed by atoms with Crippen molar-refractivity contribution in [2.75, 3.05) is 27.2 Å². The Morgan fingerprint density at radius 2 is 1.76 bits per heavy atom. The van der Waals surface area contributed by atoms with Gasteiger partial charge in [-0.15, -0.1) is 0 Å². The van der Waals surface area contributed by atoms with Crippen molar-refractivity contribution in [3.63, 3.8) is 0 Å². The average Bonchev–Trinajstić information content (AvgIpc) is 3.52. The van der Waals surface area contributed by atoms with Gasteiger partial charge in [0.2, 0.25) is 11.6 Å². The summed E-state index contributed by atoms with van der Waals surface area (Å²) in [6.45, 7) is 19.6. The number of benzene rings is 2. The van der Waals surface area contributed by atoms with E-state index in [4.69, 9.17) is 13.7 Å². The summed E-state index contributed by atoms with van der Waals surface area (Å²) in [4.78, 5) is 35.5. The number of carbonyl (C=O) groups is 2. The minimum atomic E-state index is -2.87. The Morgan fingerprint density at radius 3 is 2.38 bits per heavy atom. The first-order valence-corrected chi connectivity index (χ1v) is 22.6. The van der Waals surface area contributed by atoms with Gasteiger partial charge in [-0.05, 0) is 117 Å². The second-order valence-electron chi connectivity index (χ2n) is 18.8. The molecule has 4 aliphatic rings. The first kappa shape index (κ1) is 39.2. The van der Waals surface area contributed by atoms with E-state index in [1.165, 1.54) is 0 Å². The van der Waals surface area contributed by atoms with Crippen LogP contribution >= 0.6 is 0 Å². The maximum Gasteiger partial charge on any atom is 0.265 e. The molecule has 0 radical (unpaired) electrons. The van der Waals surface area contributed by atoms with Gasteiger partial charge in [-0.3, -0.25) is 19.4 Å². The van der Waals surface area contributed by atoms with E-state index in [2.05, 4.69) is 50.7 Å². The molecule has 1 aliphatic heterocycles. The lowest BCUT2D eigenvalue weighted by Gasteiger charge is -2.55. The van der Waals surface area contributed by atoms with Crippen LogP contribution in [0.2, 0.25) is 18.1 Å². The molecule has 292 valence electrons. The molecular formula is C44H56N4O6Si. The Labute approximate surface area is 326 Å². The van der Waals surface area contributed by atoms with Crippen molar-refractivity contribution < 1.29 is 28.4 Å². The molecule has 4 atom stereocenters. The molecule has 0 unspecified atom stereocenters. The van der Waals surface area contributed by atoms with Crippen LogP contribution in [-0.4, -0.2) is 72.7 Å². The Kier molecular flexibility index (Phi) is 9.85. The number of hydrogen-bond donors (Lipinski definition) is 1. The minimum absolute atomic E-state index is 0.0220. The zero-order valence-electron chi connectivity index (χ0n) is 34.1. The number of aliphatic hydroxyl groups excluding tert-OH is 1. The second kappa shape index (κ2) is 13.8. The molecule has 0 bridgehead atoms. The van der Waals surface area contributed by atoms with Gasteiger partial charge < -0.3 is 18.8 Å². The SMILES string of the molecule is Cc1cc(CN2CCC(C)(C)CC2)c(C#N)c2c1C(O)=C1C(=O)[C@]3(O[Si](C)(C)C(C)(C)C)C(=O)c4c(OCc5ccccc5)noc4[C@@H](N(C)C)[C@@H]3C[C@@H]1C2. The Morgan fingerprint density at radius 1 is 1.09 bits per heavy atom. The lowest BCUT2D eigenvalue weighted by atomic mass is 9.56. The minimum Gasteiger partial charge on any atom is -0.507 e. The van der Waals surface area contributed by atoms with Crippen LogP contribution in [0.3, 0.4) is 0 Å². The topological polar surface area (TPSA) is 129 Å². The van der Waals surface area contributed by atoms with Crippen molar-refractivity contribution in [3.05, 3.63) is 86.7 Å². The van der Waals surface area contributed by atoms with Crippen LogP contribution in [0.15, 0.2) is 46.5 Å². The Bertz CT molecular complexity index is 2100. The largest absolute Gasteiger partial charge is 0.507 e. The molecule has 3 aromatic rings. The molecule has 0 amide bonds. The summed E-state index contributed by atoms with van der Waals surface area (Å²) >= 11 is 0. The highest BCUT2D eigenvalue weighted by Crippen LogP contribution is 2.59. The van der Waals surface area contributed by atoms with E-state index < -0.39 is 43.4 Å². The van der Waals surface area contributed by atoms with Gasteiger partial charge in [0.15, 0.2) is 19.7 Å². The predicted octanol–water partition coefficient (Wildman–Crippen LogP) is 8.35. The van der Waals surface area contributed by atoms with Crippen molar-refractivity contribution >= 4 is 25.6 Å². The highest BCUT2D eigenvalue weighted by molar-refractivity contribution is 6.74. The normalized spacial score (nSPS) is 25.2. The third-order valence-corrected chi connectivity index (χ3v) is 17.8. The van der Waals surface area contributed by atoms with Crippen LogP contribution in [0.5, 0.6) is 5.88 Å². The van der Waals surface area contributed by atoms with E-state index in [0.717, 1.165) is 48.2 Å². The van der Waals surface area contributed by atoms with Crippen molar-refractivity contribution in [1.29, 1.82) is 5.26 Å². The molecule has 7 rings (SSSR count). The first-order valence-electron chi connectivity index (χ1n) is 19.6. The quantitative estimate of drug-likeness (QED) is 0.177. The molecule has 2 heterocycles. The fourth-order valence-corrected chi connectivity index (χ4v) is 10.6. The number of piperidine rings is 1. The second-order valence-corrected chi connectivity index (χ2v) is 23.5. The third-order valence-electron chi connectivity index (χ3n) is 13.3. The molecule has 2 aromatic carbocycles. The van der Waals surface area contributed by atoms with E-state index in [0.29, 0.717) is 41.7 Å². The highest BCUT2D eigenvalue weighted by Gasteiger charge is 2.69. The molecule has 55 heavy (non-hydrogen) atoms. The number of likely N-dealkylation sites (tertiary alicyclic amines) is 1. The number of Topliss-reactive ketones (excluding diaryl/α,β-unsaturated/α-hetero) is 2. The number of rotatable bonds is 8. The van der Waals surface area contributed by atoms with Crippen LogP contribution in [0.1, 0.15) is 109 Å². The average molecular weight is 765 g/mol. The van der Waals surface area contributed by atoms with Gasteiger partial charge in [0.1, 0.15) is 17.9 Å². The Hall–Kier alpha value is -4.08. The summed E-state index contributed by atoms with van der Waals surface area (Å²) in [7, 11) is 0.946. The standard InChI is InChI=1S/C44H56N4O6Si/c1-26-20-29(24-48-18-16-43(5,6)17-19-48)31(23-45)30-21-28-22-32-36(47(7)8)38-35(41(46-53-38)52-25-27-14-12-11-13-15-27)40(51)44(32,54-55(9,10)42(2,3)4)39(50)34(28)37(49)33(26)30/h11-15,20,28,32,36,49H,16-19,21-22,24-25H2,1-10H3/t28-,32-,36-,44-/m0/s1. The molecule has 1 saturated heterocycles. The molecule has 11 heteroatoms. The summed E-state index contributed by atoms with van der Waals surface area (Å²) in [5.41, 5.74) is 3.15. The molecule has 10 nitrogen and oxygen atoms in total. The van der Waals surface area contributed by atoms with Gasteiger partial charge >= 0.3 is 0 Å². The number of ether oxygens (including phenoxy) is 1. The summed E-state index contributed by atoms with van der Waals surface area (Å²) in [6, 6.07) is 13.5. The fraction of sp³-hybridized carbons (Fsp3) is 0.545. The molecule has 1 saturated carbocycles. The molecule has 2 fully saturated rings. The number of nitrogens with zero attached hydrogens (tertiary/aromatic N) is 4. The molecular weight excluding hydrogens is 709 g/mol. The highest BCUT2D eigenvalue weighted by atomic mass is 28.4. The fourth-order valence-electron chi connectivity index (χ4n) is 9.16. The van der Waals surface area contributed by atoms with Crippen LogP contribution < -0.4 is 4.74 Å². The van der Waals surface area contributed by atoms with Crippen molar-refractivity contribution in [2.45, 2.75) is 110 Å². The lowest BCUT2D eigenvalue weighted by Crippen LogP contribution is -2.68. The van der Waals surface area contributed by atoms with Crippen molar-refractivity contribution in [2.24, 2.45) is 17.3 Å². The smallest absolute Gasteiger partial charge is 0.265 e. The van der Waals surface area contributed by atoms with Crippen molar-refractivity contribution in [1.82, 2.24) is 15.0 Å². The monoisotopic (exact) mass is 764 g/mol. The number of aryl methyl sites for hydroxylation is 1. The molecule has 1 N–H and O–H groups in total. The van der Waals surface area contributed by atoms with E-state index in [1.54, 1.807) is 0 Å². The van der Waals surface area contributed by atoms with Crippen LogP contribution in [0.25, 0.3) is 5.76 Å². The third kappa shape index (κ3) is 6.49. The van der Waals surface area contributed by atoms with E-state index in [9.17, 15) is 10.4 Å². The van der Waals surface area contributed by atoms with Gasteiger partial charge in [-0.1, -0.05) is 71.0 Å². The summed E-state index contributed by atoms with van der Waals surface area (Å²) in [5, 5.41) is 27.0. The number of aliphatic hydroxyl groups is 1. The van der Waals surface area contributed by atoms with Gasteiger partial charge in [0.25, 0.3) is 5.88 Å². The molecule has 1 aromatic heterocycles. The number of nitriles is 1. The predicted molar refractivity (Wildman–Crippen MR) is 213 cm³/mol. The molecule has 3 aliphatic carbocycles.